The molecule has 3 aromatic rings. The largest absolute Gasteiger partial charge is 0.356 e. The Morgan fingerprint density at radius 2 is 1.88 bits per heavy atom. The molecule has 0 fully saturated rings. The van der Waals surface area contributed by atoms with E-state index in [-0.39, 0.29) is 5.91 Å². The fourth-order valence-electron chi connectivity index (χ4n) is 2.59. The number of amides is 1. The van der Waals surface area contributed by atoms with Crippen molar-refractivity contribution in [1.82, 2.24) is 24.9 Å². The molecular formula is C18H21N5O. The highest BCUT2D eigenvalue weighted by Crippen LogP contribution is 2.05. The number of aromatic nitrogens is 4. The van der Waals surface area contributed by atoms with E-state index in [1.54, 1.807) is 4.52 Å². The van der Waals surface area contributed by atoms with Gasteiger partial charge < -0.3 is 5.32 Å². The Morgan fingerprint density at radius 3 is 2.75 bits per heavy atom. The monoisotopic (exact) mass is 323 g/mol. The fraction of sp³-hybridized carbons (Fsp3) is 0.333. The second-order valence-corrected chi connectivity index (χ2v) is 5.76. The van der Waals surface area contributed by atoms with Crippen LogP contribution in [0.25, 0.3) is 5.78 Å². The van der Waals surface area contributed by atoms with Gasteiger partial charge in [0.25, 0.3) is 5.78 Å². The summed E-state index contributed by atoms with van der Waals surface area (Å²) in [5, 5.41) is 7.05. The van der Waals surface area contributed by atoms with Gasteiger partial charge in [-0.1, -0.05) is 30.3 Å². The average Bonchev–Trinajstić information content (AvgIpc) is 3.07. The lowest BCUT2D eigenvalue weighted by Crippen LogP contribution is -2.24. The smallest absolute Gasteiger partial charge is 0.252 e. The van der Waals surface area contributed by atoms with Crippen molar-refractivity contribution in [3.8, 4) is 0 Å². The molecule has 0 saturated carbocycles. The first kappa shape index (κ1) is 16.1. The van der Waals surface area contributed by atoms with E-state index in [0.717, 1.165) is 31.2 Å². The van der Waals surface area contributed by atoms with E-state index in [1.807, 2.05) is 30.6 Å². The number of hydrogen-bond acceptors (Lipinski definition) is 4. The normalized spacial score (nSPS) is 10.8. The van der Waals surface area contributed by atoms with Crippen LogP contribution in [0, 0.1) is 0 Å². The van der Waals surface area contributed by atoms with Crippen molar-refractivity contribution in [2.45, 2.75) is 32.1 Å². The Kier molecular flexibility index (Phi) is 5.50. The first-order chi connectivity index (χ1) is 11.8. The van der Waals surface area contributed by atoms with Crippen molar-refractivity contribution in [2.75, 3.05) is 6.54 Å². The summed E-state index contributed by atoms with van der Waals surface area (Å²) in [6.07, 6.45) is 9.35. The number of benzene rings is 1. The van der Waals surface area contributed by atoms with Gasteiger partial charge in [-0.25, -0.2) is 9.50 Å². The zero-order valence-electron chi connectivity index (χ0n) is 13.6. The minimum absolute atomic E-state index is 0.121. The minimum atomic E-state index is 0.121. The predicted molar refractivity (Wildman–Crippen MR) is 91.5 cm³/mol. The molecule has 3 rings (SSSR count). The Labute approximate surface area is 141 Å². The van der Waals surface area contributed by atoms with E-state index in [9.17, 15) is 4.79 Å². The quantitative estimate of drug-likeness (QED) is 0.645. The van der Waals surface area contributed by atoms with E-state index in [2.05, 4.69) is 32.5 Å². The lowest BCUT2D eigenvalue weighted by Gasteiger charge is -2.06. The lowest BCUT2D eigenvalue weighted by molar-refractivity contribution is -0.121. The van der Waals surface area contributed by atoms with Crippen LogP contribution in [-0.2, 0) is 17.6 Å². The first-order valence-electron chi connectivity index (χ1n) is 8.26. The molecule has 0 aliphatic heterocycles. The van der Waals surface area contributed by atoms with Crippen LogP contribution < -0.4 is 5.32 Å². The molecular weight excluding hydrogens is 302 g/mol. The maximum absolute atomic E-state index is 11.8. The molecule has 6 nitrogen and oxygen atoms in total. The standard InChI is InChI=1S/C18H21N5O/c24-17(10-4-8-15-6-2-1-3-7-15)19-11-5-9-16-12-20-18-21-14-22-23(18)13-16/h1-3,6-7,12-14H,4-5,8-11H2,(H,19,24). The summed E-state index contributed by atoms with van der Waals surface area (Å²) in [6.45, 7) is 0.680. The molecule has 6 heteroatoms. The SMILES string of the molecule is O=C(CCCc1ccccc1)NCCCc1cnc2ncnn2c1. The molecule has 1 N–H and O–H groups in total. The Balaban J connectivity index is 1.31. The summed E-state index contributed by atoms with van der Waals surface area (Å²) in [4.78, 5) is 20.1. The molecule has 0 spiro atoms. The molecule has 1 aromatic carbocycles. The lowest BCUT2D eigenvalue weighted by atomic mass is 10.1. The zero-order chi connectivity index (χ0) is 16.6. The number of rotatable bonds is 8. The summed E-state index contributed by atoms with van der Waals surface area (Å²) in [5.41, 5.74) is 2.37. The summed E-state index contributed by atoms with van der Waals surface area (Å²) >= 11 is 0. The third kappa shape index (κ3) is 4.62. The number of fused-ring (bicyclic) bond motifs is 1. The number of nitrogens with zero attached hydrogens (tertiary/aromatic N) is 4. The van der Waals surface area contributed by atoms with Crippen LogP contribution in [0.15, 0.2) is 49.1 Å². The highest BCUT2D eigenvalue weighted by Gasteiger charge is 2.03. The zero-order valence-corrected chi connectivity index (χ0v) is 13.6. The maximum Gasteiger partial charge on any atom is 0.252 e. The molecule has 2 aromatic heterocycles. The van der Waals surface area contributed by atoms with Gasteiger partial charge in [0.05, 0.1) is 0 Å². The molecule has 0 unspecified atom stereocenters. The predicted octanol–water partition coefficient (Wildman–Crippen LogP) is 2.20. The van der Waals surface area contributed by atoms with Crippen LogP contribution in [0.1, 0.15) is 30.4 Å². The third-order valence-electron chi connectivity index (χ3n) is 3.86. The van der Waals surface area contributed by atoms with Crippen LogP contribution >= 0.6 is 0 Å². The highest BCUT2D eigenvalue weighted by molar-refractivity contribution is 5.75. The first-order valence-corrected chi connectivity index (χ1v) is 8.26. The molecule has 24 heavy (non-hydrogen) atoms. The second kappa shape index (κ2) is 8.19. The highest BCUT2D eigenvalue weighted by atomic mass is 16.1. The molecule has 2 heterocycles. The topological polar surface area (TPSA) is 72.2 Å². The summed E-state index contributed by atoms with van der Waals surface area (Å²) in [7, 11) is 0. The molecule has 0 saturated heterocycles. The van der Waals surface area contributed by atoms with Gasteiger partial charge >= 0.3 is 0 Å². The van der Waals surface area contributed by atoms with Crippen molar-refractivity contribution in [3.05, 3.63) is 60.2 Å². The van der Waals surface area contributed by atoms with Gasteiger partial charge in [-0.2, -0.15) is 10.1 Å². The van der Waals surface area contributed by atoms with E-state index >= 15 is 0 Å². The van der Waals surface area contributed by atoms with Gasteiger partial charge in [0, 0.05) is 25.4 Å². The average molecular weight is 323 g/mol. The van der Waals surface area contributed by atoms with Crippen LogP contribution in [0.5, 0.6) is 0 Å². The van der Waals surface area contributed by atoms with Gasteiger partial charge in [0.15, 0.2) is 0 Å². The maximum atomic E-state index is 11.8. The second-order valence-electron chi connectivity index (χ2n) is 5.76. The van der Waals surface area contributed by atoms with Crippen molar-refractivity contribution in [2.24, 2.45) is 0 Å². The van der Waals surface area contributed by atoms with Gasteiger partial charge in [-0.05, 0) is 36.8 Å². The van der Waals surface area contributed by atoms with E-state index in [0.29, 0.717) is 18.7 Å². The number of nitrogens with one attached hydrogen (secondary N) is 1. The Morgan fingerprint density at radius 1 is 1.04 bits per heavy atom. The van der Waals surface area contributed by atoms with Gasteiger partial charge in [-0.15, -0.1) is 0 Å². The number of aryl methyl sites for hydroxylation is 2. The molecule has 0 bridgehead atoms. The van der Waals surface area contributed by atoms with Crippen molar-refractivity contribution in [3.63, 3.8) is 0 Å². The van der Waals surface area contributed by atoms with E-state index in [1.165, 1.54) is 11.9 Å². The van der Waals surface area contributed by atoms with E-state index in [4.69, 9.17) is 0 Å². The minimum Gasteiger partial charge on any atom is -0.356 e. The van der Waals surface area contributed by atoms with E-state index < -0.39 is 0 Å². The third-order valence-corrected chi connectivity index (χ3v) is 3.86. The number of carbonyl (C=O) groups excluding carboxylic acids is 1. The van der Waals surface area contributed by atoms with Crippen LogP contribution in [-0.4, -0.2) is 32.0 Å². The van der Waals surface area contributed by atoms with Crippen LogP contribution in [0.3, 0.4) is 0 Å². The molecule has 1 amide bonds. The van der Waals surface area contributed by atoms with Crippen LogP contribution in [0.2, 0.25) is 0 Å². The summed E-state index contributed by atoms with van der Waals surface area (Å²) in [6, 6.07) is 10.3. The summed E-state index contributed by atoms with van der Waals surface area (Å²) in [5.74, 6) is 0.723. The fourth-order valence-corrected chi connectivity index (χ4v) is 2.59. The molecule has 0 radical (unpaired) electrons. The van der Waals surface area contributed by atoms with Crippen molar-refractivity contribution in [1.29, 1.82) is 0 Å². The number of hydrogen-bond donors (Lipinski definition) is 1. The van der Waals surface area contributed by atoms with Crippen LogP contribution in [0.4, 0.5) is 0 Å². The van der Waals surface area contributed by atoms with Crippen molar-refractivity contribution >= 4 is 11.7 Å². The Hall–Kier alpha value is -2.76. The van der Waals surface area contributed by atoms with Crippen molar-refractivity contribution < 1.29 is 4.79 Å². The van der Waals surface area contributed by atoms with Gasteiger partial charge in [0.1, 0.15) is 6.33 Å². The van der Waals surface area contributed by atoms with Gasteiger partial charge in [0.2, 0.25) is 5.91 Å². The summed E-state index contributed by atoms with van der Waals surface area (Å²) < 4.78 is 1.66. The Bertz CT molecular complexity index is 784. The molecule has 0 aliphatic carbocycles. The molecule has 124 valence electrons. The molecule has 0 aliphatic rings. The molecule has 0 atom stereocenters. The van der Waals surface area contributed by atoms with Gasteiger partial charge in [-0.3, -0.25) is 4.79 Å². The number of carbonyl (C=O) groups is 1.